The summed E-state index contributed by atoms with van der Waals surface area (Å²) in [6.45, 7) is 0. The fraction of sp³-hybridized carbons (Fsp3) is 0.120. The number of hydrogen-bond donors (Lipinski definition) is 0. The monoisotopic (exact) mass is 601 g/mol. The van der Waals surface area contributed by atoms with Gasteiger partial charge in [0.25, 0.3) is 11.8 Å². The number of halogens is 7. The Morgan fingerprint density at radius 2 is 1.43 bits per heavy atom. The molecule has 1 heterocycles. The lowest BCUT2D eigenvalue weighted by molar-refractivity contribution is -0.124. The van der Waals surface area contributed by atoms with Crippen LogP contribution in [0.3, 0.4) is 0 Å². The van der Waals surface area contributed by atoms with Crippen molar-refractivity contribution in [3.05, 3.63) is 109 Å². The van der Waals surface area contributed by atoms with E-state index in [1.165, 1.54) is 24.3 Å². The first-order valence-electron chi connectivity index (χ1n) is 10.1. The van der Waals surface area contributed by atoms with E-state index in [4.69, 9.17) is 34.8 Å². The molecule has 180 valence electrons. The maximum absolute atomic E-state index is 13.4. The third-order valence-electron chi connectivity index (χ3n) is 5.45. The molecule has 0 bridgehead atoms. The molecule has 35 heavy (non-hydrogen) atoms. The molecule has 0 aromatic heterocycles. The van der Waals surface area contributed by atoms with Crippen molar-refractivity contribution in [1.29, 1.82) is 0 Å². The summed E-state index contributed by atoms with van der Waals surface area (Å²) in [6.07, 6.45) is -4.93. The van der Waals surface area contributed by atoms with E-state index in [0.717, 1.165) is 11.0 Å². The second-order valence-corrected chi connectivity index (χ2v) is 9.73. The van der Waals surface area contributed by atoms with Crippen LogP contribution in [-0.2, 0) is 0 Å². The third-order valence-corrected chi connectivity index (χ3v) is 7.37. The summed E-state index contributed by atoms with van der Waals surface area (Å²) in [4.78, 5) is 27.8. The van der Waals surface area contributed by atoms with E-state index in [2.05, 4.69) is 15.9 Å². The number of fused-ring (bicyclic) bond motifs is 1. The second-order valence-electron chi connectivity index (χ2n) is 7.68. The van der Waals surface area contributed by atoms with Gasteiger partial charge in [-0.25, -0.2) is 0 Å². The molecule has 0 spiro atoms. The molecule has 1 aliphatic heterocycles. The molecule has 2 amide bonds. The van der Waals surface area contributed by atoms with Crippen molar-refractivity contribution in [1.82, 2.24) is 4.90 Å². The van der Waals surface area contributed by atoms with Crippen LogP contribution in [0.25, 0.3) is 5.57 Å². The standard InChI is InChI=1S/C25H14BrCl3F3NO2/c26-18-8-4-3-7-17(18)22(33-23(34)15-5-1-2-6-16(15)24(33)35)14(9-10-25(30,31)32)13-11-19(27)21(29)20(28)12-13/h1-9,11-12,22H,10H2/b14-9+. The van der Waals surface area contributed by atoms with Gasteiger partial charge in [0.2, 0.25) is 0 Å². The van der Waals surface area contributed by atoms with Crippen molar-refractivity contribution >= 4 is 68.1 Å². The number of nitrogens with zero attached hydrogens (tertiary/aromatic N) is 1. The minimum atomic E-state index is -4.55. The zero-order valence-electron chi connectivity index (χ0n) is 17.5. The molecular formula is C25H14BrCl3F3NO2. The van der Waals surface area contributed by atoms with Gasteiger partial charge < -0.3 is 0 Å². The number of carbonyl (C=O) groups excluding carboxylic acids is 2. The number of amides is 2. The molecule has 0 aliphatic carbocycles. The van der Waals surface area contributed by atoms with Crippen molar-refractivity contribution in [2.24, 2.45) is 0 Å². The van der Waals surface area contributed by atoms with E-state index in [-0.39, 0.29) is 37.3 Å². The van der Waals surface area contributed by atoms with Gasteiger partial charge in [-0.1, -0.05) is 87.1 Å². The zero-order valence-corrected chi connectivity index (χ0v) is 21.4. The SMILES string of the molecule is O=C1c2ccccc2C(=O)N1C(/C(=C/CC(F)(F)F)c1cc(Cl)c(Cl)c(Cl)c1)c1ccccc1Br. The van der Waals surface area contributed by atoms with Gasteiger partial charge >= 0.3 is 6.18 Å². The minimum Gasteiger partial charge on any atom is -0.269 e. The van der Waals surface area contributed by atoms with Crippen LogP contribution in [0.4, 0.5) is 13.2 Å². The Morgan fingerprint density at radius 1 is 0.914 bits per heavy atom. The van der Waals surface area contributed by atoms with E-state index in [9.17, 15) is 22.8 Å². The predicted octanol–water partition coefficient (Wildman–Crippen LogP) is 8.78. The smallest absolute Gasteiger partial charge is 0.269 e. The summed E-state index contributed by atoms with van der Waals surface area (Å²) in [7, 11) is 0. The van der Waals surface area contributed by atoms with E-state index in [0.29, 0.717) is 10.0 Å². The molecule has 3 aromatic carbocycles. The van der Waals surface area contributed by atoms with Crippen molar-refractivity contribution in [2.45, 2.75) is 18.6 Å². The number of hydrogen-bond acceptors (Lipinski definition) is 2. The molecule has 0 fully saturated rings. The van der Waals surface area contributed by atoms with Gasteiger partial charge in [-0.3, -0.25) is 14.5 Å². The maximum Gasteiger partial charge on any atom is 0.392 e. The molecule has 0 saturated heterocycles. The Kier molecular flexibility index (Phi) is 7.34. The molecule has 10 heteroatoms. The number of allylic oxidation sites excluding steroid dienone is 1. The number of alkyl halides is 3. The molecule has 3 nitrogen and oxygen atoms in total. The van der Waals surface area contributed by atoms with Gasteiger partial charge in [-0.2, -0.15) is 13.2 Å². The summed E-state index contributed by atoms with van der Waals surface area (Å²) in [5.74, 6) is -1.26. The van der Waals surface area contributed by atoms with Crippen molar-refractivity contribution in [3.8, 4) is 0 Å². The highest BCUT2D eigenvalue weighted by Crippen LogP contribution is 2.45. The molecule has 1 unspecified atom stereocenters. The van der Waals surface area contributed by atoms with Crippen molar-refractivity contribution in [2.75, 3.05) is 0 Å². The first kappa shape index (κ1) is 25.8. The van der Waals surface area contributed by atoms with Crippen molar-refractivity contribution in [3.63, 3.8) is 0 Å². The molecular weight excluding hydrogens is 590 g/mol. The highest BCUT2D eigenvalue weighted by Gasteiger charge is 2.43. The van der Waals surface area contributed by atoms with E-state index < -0.39 is 30.5 Å². The number of carbonyl (C=O) groups is 2. The van der Waals surface area contributed by atoms with E-state index >= 15 is 0 Å². The lowest BCUT2D eigenvalue weighted by Gasteiger charge is -2.31. The number of imide groups is 1. The quantitative estimate of drug-likeness (QED) is 0.216. The molecule has 4 rings (SSSR count). The normalized spacial score (nSPS) is 14.9. The summed E-state index contributed by atoms with van der Waals surface area (Å²) in [6, 6.07) is 14.4. The van der Waals surface area contributed by atoms with Crippen molar-refractivity contribution < 1.29 is 22.8 Å². The highest BCUT2D eigenvalue weighted by atomic mass is 79.9. The van der Waals surface area contributed by atoms with Gasteiger partial charge in [0.15, 0.2) is 0 Å². The van der Waals surface area contributed by atoms with Crippen LogP contribution in [0.1, 0.15) is 44.3 Å². The second kappa shape index (κ2) is 9.97. The summed E-state index contributed by atoms with van der Waals surface area (Å²) in [5, 5.41) is 0.0612. The molecule has 0 radical (unpaired) electrons. The van der Waals surface area contributed by atoms with E-state index in [1.807, 2.05) is 0 Å². The highest BCUT2D eigenvalue weighted by molar-refractivity contribution is 9.10. The Bertz CT molecular complexity index is 1320. The number of rotatable bonds is 5. The van der Waals surface area contributed by atoms with Gasteiger partial charge in [-0.05, 0) is 47.0 Å². The largest absolute Gasteiger partial charge is 0.392 e. The number of benzene rings is 3. The minimum absolute atomic E-state index is 0.0142. The summed E-state index contributed by atoms with van der Waals surface area (Å²) < 4.78 is 40.6. The fourth-order valence-corrected chi connectivity index (χ4v) is 5.02. The van der Waals surface area contributed by atoms with Crippen LogP contribution in [0, 0.1) is 0 Å². The van der Waals surface area contributed by atoms with Crippen LogP contribution in [0.15, 0.2) is 71.2 Å². The van der Waals surface area contributed by atoms with Crippen LogP contribution in [-0.4, -0.2) is 22.9 Å². The third kappa shape index (κ3) is 5.14. The molecule has 0 N–H and O–H groups in total. The summed E-state index contributed by atoms with van der Waals surface area (Å²) in [5.41, 5.74) is 0.932. The first-order valence-corrected chi connectivity index (χ1v) is 12.1. The first-order chi connectivity index (χ1) is 16.5. The van der Waals surface area contributed by atoms with Gasteiger partial charge in [0.05, 0.1) is 38.7 Å². The summed E-state index contributed by atoms with van der Waals surface area (Å²) >= 11 is 21.9. The average Bonchev–Trinajstić information content (AvgIpc) is 3.05. The molecule has 1 atom stereocenters. The van der Waals surface area contributed by atoms with Gasteiger partial charge in [-0.15, -0.1) is 0 Å². The molecule has 3 aromatic rings. The lowest BCUT2D eigenvalue weighted by atomic mass is 9.90. The van der Waals surface area contributed by atoms with Gasteiger partial charge in [0.1, 0.15) is 0 Å². The van der Waals surface area contributed by atoms with Crippen LogP contribution >= 0.6 is 50.7 Å². The lowest BCUT2D eigenvalue weighted by Crippen LogP contribution is -2.35. The van der Waals surface area contributed by atoms with E-state index in [1.54, 1.807) is 36.4 Å². The molecule has 1 aliphatic rings. The zero-order chi connectivity index (χ0) is 25.5. The Balaban J connectivity index is 1.99. The fourth-order valence-electron chi connectivity index (χ4n) is 3.92. The predicted molar refractivity (Wildman–Crippen MR) is 134 cm³/mol. The Labute approximate surface area is 222 Å². The topological polar surface area (TPSA) is 37.4 Å². The Morgan fingerprint density at radius 3 is 1.94 bits per heavy atom. The Hall–Kier alpha value is -2.32. The molecule has 0 saturated carbocycles. The average molecular weight is 604 g/mol. The van der Waals surface area contributed by atoms with Gasteiger partial charge in [0, 0.05) is 4.47 Å². The van der Waals surface area contributed by atoms with Crippen LogP contribution in [0.5, 0.6) is 0 Å². The van der Waals surface area contributed by atoms with Crippen LogP contribution in [0.2, 0.25) is 15.1 Å². The maximum atomic E-state index is 13.4. The van der Waals surface area contributed by atoms with Crippen LogP contribution < -0.4 is 0 Å².